The quantitative estimate of drug-likeness (QED) is 0.853. The summed E-state index contributed by atoms with van der Waals surface area (Å²) in [6.07, 6.45) is 8.29. The fraction of sp³-hybridized carbons (Fsp3) is 0.706. The molecule has 1 N–H and O–H groups in total. The summed E-state index contributed by atoms with van der Waals surface area (Å²) in [5.74, 6) is 1.20. The first-order chi connectivity index (χ1) is 9.77. The number of aromatic nitrogens is 1. The normalized spacial score (nSPS) is 20.9. The van der Waals surface area contributed by atoms with Crippen LogP contribution in [0.4, 0.5) is 5.82 Å². The lowest BCUT2D eigenvalue weighted by atomic mass is 9.98. The fourth-order valence-corrected chi connectivity index (χ4v) is 3.16. The third kappa shape index (κ3) is 3.51. The summed E-state index contributed by atoms with van der Waals surface area (Å²) in [4.78, 5) is 7.26. The van der Waals surface area contributed by atoms with Gasteiger partial charge < -0.3 is 10.2 Å². The third-order valence-electron chi connectivity index (χ3n) is 4.35. The van der Waals surface area contributed by atoms with Gasteiger partial charge in [-0.05, 0) is 51.6 Å². The zero-order chi connectivity index (χ0) is 14.4. The predicted molar refractivity (Wildman–Crippen MR) is 86.2 cm³/mol. The maximum Gasteiger partial charge on any atom is 0.133 e. The van der Waals surface area contributed by atoms with Crippen molar-refractivity contribution in [2.45, 2.75) is 65.0 Å². The van der Waals surface area contributed by atoms with Gasteiger partial charge in [0.2, 0.25) is 0 Å². The number of nitrogens with zero attached hydrogens (tertiary/aromatic N) is 2. The summed E-state index contributed by atoms with van der Waals surface area (Å²) in [5, 5.41) is 3.59. The van der Waals surface area contributed by atoms with Crippen molar-refractivity contribution in [2.24, 2.45) is 0 Å². The third-order valence-corrected chi connectivity index (χ3v) is 4.35. The number of pyridine rings is 1. The molecule has 2 rings (SSSR count). The van der Waals surface area contributed by atoms with Crippen LogP contribution >= 0.6 is 0 Å². The van der Waals surface area contributed by atoms with E-state index in [1.165, 1.54) is 43.5 Å². The van der Waals surface area contributed by atoms with Crippen molar-refractivity contribution >= 4 is 5.82 Å². The van der Waals surface area contributed by atoms with Crippen LogP contribution in [0.15, 0.2) is 18.3 Å². The zero-order valence-electron chi connectivity index (χ0n) is 13.2. The summed E-state index contributed by atoms with van der Waals surface area (Å²) < 4.78 is 0. The van der Waals surface area contributed by atoms with Crippen molar-refractivity contribution in [3.8, 4) is 0 Å². The molecule has 3 heteroatoms. The van der Waals surface area contributed by atoms with Gasteiger partial charge in [0.15, 0.2) is 0 Å². The Balaban J connectivity index is 2.21. The van der Waals surface area contributed by atoms with Crippen LogP contribution in [-0.4, -0.2) is 24.1 Å². The first-order valence-corrected chi connectivity index (χ1v) is 8.22. The van der Waals surface area contributed by atoms with Gasteiger partial charge in [0.1, 0.15) is 5.82 Å². The van der Waals surface area contributed by atoms with Crippen LogP contribution in [0.1, 0.15) is 64.5 Å². The minimum absolute atomic E-state index is 0.373. The molecular formula is C17H29N3. The van der Waals surface area contributed by atoms with Gasteiger partial charge in [-0.2, -0.15) is 0 Å². The van der Waals surface area contributed by atoms with E-state index in [9.17, 15) is 0 Å². The molecule has 0 radical (unpaired) electrons. The smallest absolute Gasteiger partial charge is 0.133 e. The number of nitrogens with one attached hydrogen (secondary N) is 1. The molecule has 1 aromatic rings. The summed E-state index contributed by atoms with van der Waals surface area (Å²) in [6.45, 7) is 8.97. The van der Waals surface area contributed by atoms with E-state index in [-0.39, 0.29) is 0 Å². The fourth-order valence-electron chi connectivity index (χ4n) is 3.16. The second kappa shape index (κ2) is 7.63. The minimum atomic E-state index is 0.373. The van der Waals surface area contributed by atoms with Crippen LogP contribution in [0.25, 0.3) is 0 Å². The summed E-state index contributed by atoms with van der Waals surface area (Å²) in [6, 6.07) is 5.33. The van der Waals surface area contributed by atoms with E-state index >= 15 is 0 Å². The zero-order valence-corrected chi connectivity index (χ0v) is 13.2. The van der Waals surface area contributed by atoms with E-state index in [1.54, 1.807) is 0 Å². The molecule has 2 heterocycles. The average molecular weight is 275 g/mol. The number of hydrogen-bond donors (Lipinski definition) is 1. The maximum atomic E-state index is 4.72. The largest absolute Gasteiger partial charge is 0.353 e. The van der Waals surface area contributed by atoms with E-state index in [0.717, 1.165) is 13.1 Å². The number of piperidine rings is 1. The van der Waals surface area contributed by atoms with Gasteiger partial charge in [0.25, 0.3) is 0 Å². The molecule has 0 aliphatic carbocycles. The van der Waals surface area contributed by atoms with Crippen molar-refractivity contribution in [1.29, 1.82) is 0 Å². The summed E-state index contributed by atoms with van der Waals surface area (Å²) >= 11 is 0. The molecule has 2 atom stereocenters. The Morgan fingerprint density at radius 1 is 1.40 bits per heavy atom. The standard InChI is InChI=1S/C17H29N3/c1-4-11-18-14(3)16-10-8-12-19-17(16)20-13-7-6-9-15(20)5-2/h8,10,12,14-15,18H,4-7,9,11,13H2,1-3H3. The lowest BCUT2D eigenvalue weighted by Gasteiger charge is -2.38. The molecule has 3 nitrogen and oxygen atoms in total. The molecule has 0 amide bonds. The maximum absolute atomic E-state index is 4.72. The number of anilines is 1. The Kier molecular flexibility index (Phi) is 5.84. The van der Waals surface area contributed by atoms with Crippen molar-refractivity contribution < 1.29 is 0 Å². The van der Waals surface area contributed by atoms with Crippen molar-refractivity contribution in [2.75, 3.05) is 18.0 Å². The Bertz CT molecular complexity index is 405. The average Bonchev–Trinajstić information content (AvgIpc) is 2.52. The van der Waals surface area contributed by atoms with Gasteiger partial charge >= 0.3 is 0 Å². The molecule has 0 aromatic carbocycles. The molecule has 1 saturated heterocycles. The van der Waals surface area contributed by atoms with Crippen molar-refractivity contribution in [1.82, 2.24) is 10.3 Å². The van der Waals surface area contributed by atoms with Gasteiger partial charge in [-0.25, -0.2) is 4.98 Å². The van der Waals surface area contributed by atoms with Crippen molar-refractivity contribution in [3.05, 3.63) is 23.9 Å². The van der Waals surface area contributed by atoms with Crippen LogP contribution in [0.3, 0.4) is 0 Å². The monoisotopic (exact) mass is 275 g/mol. The lowest BCUT2D eigenvalue weighted by Crippen LogP contribution is -2.40. The van der Waals surface area contributed by atoms with E-state index in [1.807, 2.05) is 6.20 Å². The Labute approximate surface area is 123 Å². The molecular weight excluding hydrogens is 246 g/mol. The van der Waals surface area contributed by atoms with Crippen LogP contribution in [0.5, 0.6) is 0 Å². The molecule has 2 unspecified atom stereocenters. The van der Waals surface area contributed by atoms with Gasteiger partial charge in [-0.15, -0.1) is 0 Å². The second-order valence-corrected chi connectivity index (χ2v) is 5.84. The summed E-state index contributed by atoms with van der Waals surface area (Å²) in [7, 11) is 0. The molecule has 1 aliphatic rings. The van der Waals surface area contributed by atoms with Gasteiger partial charge in [0, 0.05) is 30.4 Å². The Morgan fingerprint density at radius 2 is 2.25 bits per heavy atom. The minimum Gasteiger partial charge on any atom is -0.353 e. The highest BCUT2D eigenvalue weighted by Gasteiger charge is 2.25. The van der Waals surface area contributed by atoms with E-state index in [4.69, 9.17) is 4.98 Å². The SMILES string of the molecule is CCCNC(C)c1cccnc1N1CCCCC1CC. The van der Waals surface area contributed by atoms with Gasteiger partial charge in [-0.1, -0.05) is 19.9 Å². The highest BCUT2D eigenvalue weighted by molar-refractivity contribution is 5.49. The van der Waals surface area contributed by atoms with E-state index < -0.39 is 0 Å². The lowest BCUT2D eigenvalue weighted by molar-refractivity contribution is 0.443. The Hall–Kier alpha value is -1.09. The molecule has 0 bridgehead atoms. The molecule has 112 valence electrons. The Morgan fingerprint density at radius 3 is 3.00 bits per heavy atom. The number of hydrogen-bond acceptors (Lipinski definition) is 3. The highest BCUT2D eigenvalue weighted by atomic mass is 15.2. The van der Waals surface area contributed by atoms with Gasteiger partial charge in [-0.3, -0.25) is 0 Å². The molecule has 1 fully saturated rings. The van der Waals surface area contributed by atoms with Crippen molar-refractivity contribution in [3.63, 3.8) is 0 Å². The molecule has 1 aromatic heterocycles. The van der Waals surface area contributed by atoms with Gasteiger partial charge in [0.05, 0.1) is 0 Å². The van der Waals surface area contributed by atoms with Crippen LogP contribution in [0, 0.1) is 0 Å². The van der Waals surface area contributed by atoms with Crippen LogP contribution in [-0.2, 0) is 0 Å². The van der Waals surface area contributed by atoms with E-state index in [2.05, 4.69) is 43.1 Å². The van der Waals surface area contributed by atoms with Crippen LogP contribution in [0.2, 0.25) is 0 Å². The molecule has 20 heavy (non-hydrogen) atoms. The summed E-state index contributed by atoms with van der Waals surface area (Å²) in [5.41, 5.74) is 1.35. The number of rotatable bonds is 6. The predicted octanol–water partition coefficient (Wildman–Crippen LogP) is 3.91. The highest BCUT2D eigenvalue weighted by Crippen LogP contribution is 2.30. The molecule has 0 saturated carbocycles. The molecule has 1 aliphatic heterocycles. The molecule has 0 spiro atoms. The van der Waals surface area contributed by atoms with Crippen LogP contribution < -0.4 is 10.2 Å². The van der Waals surface area contributed by atoms with E-state index in [0.29, 0.717) is 12.1 Å². The first kappa shape index (κ1) is 15.3. The first-order valence-electron chi connectivity index (χ1n) is 8.22. The second-order valence-electron chi connectivity index (χ2n) is 5.84. The topological polar surface area (TPSA) is 28.2 Å².